The van der Waals surface area contributed by atoms with E-state index < -0.39 is 5.91 Å². The van der Waals surface area contributed by atoms with Crippen molar-refractivity contribution in [2.75, 3.05) is 18.4 Å². The number of nitrogens with zero attached hydrogens (tertiary/aromatic N) is 1. The van der Waals surface area contributed by atoms with Crippen LogP contribution in [0.5, 0.6) is 0 Å². The molecular weight excluding hydrogens is 326 g/mol. The van der Waals surface area contributed by atoms with Gasteiger partial charge in [-0.25, -0.2) is 0 Å². The molecule has 0 aliphatic rings. The van der Waals surface area contributed by atoms with Crippen molar-refractivity contribution in [2.24, 2.45) is 5.73 Å². The van der Waals surface area contributed by atoms with Crippen molar-refractivity contribution >= 4 is 34.7 Å². The number of amides is 3. The van der Waals surface area contributed by atoms with Gasteiger partial charge in [0.15, 0.2) is 0 Å². The first-order valence-corrected chi connectivity index (χ1v) is 8.43. The van der Waals surface area contributed by atoms with Crippen molar-refractivity contribution < 1.29 is 14.4 Å². The molecule has 0 aliphatic heterocycles. The van der Waals surface area contributed by atoms with Crippen molar-refractivity contribution in [1.82, 2.24) is 4.90 Å². The first kappa shape index (κ1) is 17.7. The molecule has 2 aromatic rings. The van der Waals surface area contributed by atoms with E-state index in [0.717, 1.165) is 11.3 Å². The van der Waals surface area contributed by atoms with Crippen molar-refractivity contribution in [3.05, 3.63) is 51.7 Å². The Morgan fingerprint density at radius 2 is 1.83 bits per heavy atom. The summed E-state index contributed by atoms with van der Waals surface area (Å²) in [6.07, 6.45) is 0. The summed E-state index contributed by atoms with van der Waals surface area (Å²) in [6, 6.07) is 8.23. The van der Waals surface area contributed by atoms with Crippen LogP contribution in [-0.2, 0) is 0 Å². The topological polar surface area (TPSA) is 92.5 Å². The lowest BCUT2D eigenvalue weighted by Crippen LogP contribution is -2.30. The number of hydrogen-bond acceptors (Lipinski definition) is 4. The number of benzene rings is 1. The number of hydrogen-bond donors (Lipinski definition) is 2. The van der Waals surface area contributed by atoms with Gasteiger partial charge in [-0.05, 0) is 38.1 Å². The van der Waals surface area contributed by atoms with Gasteiger partial charge in [0.1, 0.15) is 0 Å². The monoisotopic (exact) mass is 345 g/mol. The van der Waals surface area contributed by atoms with Gasteiger partial charge < -0.3 is 16.0 Å². The van der Waals surface area contributed by atoms with E-state index in [1.165, 1.54) is 11.4 Å². The molecule has 0 saturated carbocycles. The second-order valence-electron chi connectivity index (χ2n) is 5.08. The lowest BCUT2D eigenvalue weighted by Gasteiger charge is -2.18. The van der Waals surface area contributed by atoms with Gasteiger partial charge in [-0.2, -0.15) is 0 Å². The van der Waals surface area contributed by atoms with Crippen LogP contribution in [-0.4, -0.2) is 35.7 Å². The Hall–Kier alpha value is -2.67. The number of primary amides is 1. The lowest BCUT2D eigenvalue weighted by atomic mass is 10.1. The van der Waals surface area contributed by atoms with Crippen molar-refractivity contribution in [3.63, 3.8) is 0 Å². The number of anilines is 1. The average molecular weight is 345 g/mol. The number of rotatable bonds is 6. The molecule has 0 fully saturated rings. The lowest BCUT2D eigenvalue weighted by molar-refractivity contribution is 0.0772. The van der Waals surface area contributed by atoms with Gasteiger partial charge in [0.2, 0.25) is 5.91 Å². The van der Waals surface area contributed by atoms with Crippen LogP contribution in [0, 0.1) is 0 Å². The molecule has 7 heteroatoms. The maximum atomic E-state index is 12.4. The fraction of sp³-hybridized carbons (Fsp3) is 0.235. The van der Waals surface area contributed by atoms with Crippen molar-refractivity contribution in [3.8, 4) is 0 Å². The van der Waals surface area contributed by atoms with Gasteiger partial charge in [0, 0.05) is 29.7 Å². The quantitative estimate of drug-likeness (QED) is 0.843. The highest BCUT2D eigenvalue weighted by atomic mass is 32.1. The predicted molar refractivity (Wildman–Crippen MR) is 94.5 cm³/mol. The molecule has 0 unspecified atom stereocenters. The normalized spacial score (nSPS) is 10.2. The van der Waals surface area contributed by atoms with Crippen LogP contribution < -0.4 is 11.1 Å². The fourth-order valence-electron chi connectivity index (χ4n) is 2.20. The summed E-state index contributed by atoms with van der Waals surface area (Å²) in [6.45, 7) is 5.08. The summed E-state index contributed by atoms with van der Waals surface area (Å²) >= 11 is 1.14. The molecule has 1 aromatic heterocycles. The van der Waals surface area contributed by atoms with E-state index in [4.69, 9.17) is 5.73 Å². The van der Waals surface area contributed by atoms with Crippen LogP contribution in [0.15, 0.2) is 35.7 Å². The van der Waals surface area contributed by atoms with Crippen LogP contribution in [0.1, 0.15) is 44.2 Å². The zero-order valence-corrected chi connectivity index (χ0v) is 14.4. The molecule has 0 atom stereocenters. The molecule has 0 spiro atoms. The summed E-state index contributed by atoms with van der Waals surface area (Å²) in [5, 5.41) is 4.27. The van der Waals surface area contributed by atoms with E-state index in [9.17, 15) is 14.4 Å². The van der Waals surface area contributed by atoms with Gasteiger partial charge in [-0.1, -0.05) is 6.07 Å². The first-order valence-electron chi connectivity index (χ1n) is 7.55. The predicted octanol–water partition coefficient (Wildman–Crippen LogP) is 2.58. The summed E-state index contributed by atoms with van der Waals surface area (Å²) in [7, 11) is 0. The highest BCUT2D eigenvalue weighted by Crippen LogP contribution is 2.18. The molecular formula is C17H19N3O3S. The molecule has 126 valence electrons. The van der Waals surface area contributed by atoms with Crippen LogP contribution >= 0.6 is 11.3 Å². The highest BCUT2D eigenvalue weighted by molar-refractivity contribution is 7.12. The standard InChI is InChI=1S/C17H19N3O3S/c1-3-20(4-2)17(23)11-6-5-7-13(8-11)19-16(22)14-9-12(10-24-14)15(18)21/h5-10H,3-4H2,1-2H3,(H2,18,21)(H,19,22). The number of nitrogens with one attached hydrogen (secondary N) is 1. The molecule has 3 N–H and O–H groups in total. The molecule has 1 heterocycles. The molecule has 0 aliphatic carbocycles. The van der Waals surface area contributed by atoms with E-state index >= 15 is 0 Å². The number of nitrogens with two attached hydrogens (primary N) is 1. The van der Waals surface area contributed by atoms with Gasteiger partial charge in [-0.3, -0.25) is 14.4 Å². The van der Waals surface area contributed by atoms with Gasteiger partial charge in [0.05, 0.1) is 10.4 Å². The Bertz CT molecular complexity index is 766. The minimum absolute atomic E-state index is 0.0803. The van der Waals surface area contributed by atoms with E-state index in [2.05, 4.69) is 5.32 Å². The highest BCUT2D eigenvalue weighted by Gasteiger charge is 2.15. The van der Waals surface area contributed by atoms with Crippen molar-refractivity contribution in [1.29, 1.82) is 0 Å². The zero-order chi connectivity index (χ0) is 17.7. The maximum absolute atomic E-state index is 12.4. The van der Waals surface area contributed by atoms with Crippen LogP contribution in [0.4, 0.5) is 5.69 Å². The maximum Gasteiger partial charge on any atom is 0.265 e. The SMILES string of the molecule is CCN(CC)C(=O)c1cccc(NC(=O)c2cc(C(N)=O)cs2)c1. The summed E-state index contributed by atoms with van der Waals surface area (Å²) < 4.78 is 0. The largest absolute Gasteiger partial charge is 0.366 e. The Balaban J connectivity index is 2.15. The average Bonchev–Trinajstić information content (AvgIpc) is 3.06. The van der Waals surface area contributed by atoms with Gasteiger partial charge in [-0.15, -0.1) is 11.3 Å². The molecule has 3 amide bonds. The van der Waals surface area contributed by atoms with E-state index in [-0.39, 0.29) is 11.8 Å². The van der Waals surface area contributed by atoms with Crippen LogP contribution in [0.2, 0.25) is 0 Å². The first-order chi connectivity index (χ1) is 11.5. The molecule has 2 rings (SSSR count). The van der Waals surface area contributed by atoms with Gasteiger partial charge >= 0.3 is 0 Å². The summed E-state index contributed by atoms with van der Waals surface area (Å²) in [5.74, 6) is -1.000. The summed E-state index contributed by atoms with van der Waals surface area (Å²) in [4.78, 5) is 37.8. The third-order valence-electron chi connectivity index (χ3n) is 3.53. The Morgan fingerprint density at radius 1 is 1.12 bits per heavy atom. The number of thiophene rings is 1. The smallest absolute Gasteiger partial charge is 0.265 e. The van der Waals surface area contributed by atoms with Crippen LogP contribution in [0.25, 0.3) is 0 Å². The Kier molecular flexibility index (Phi) is 5.70. The number of carbonyl (C=O) groups is 3. The Labute approximate surface area is 144 Å². The van der Waals surface area contributed by atoms with E-state index in [1.807, 2.05) is 13.8 Å². The molecule has 0 saturated heterocycles. The molecule has 24 heavy (non-hydrogen) atoms. The third-order valence-corrected chi connectivity index (χ3v) is 4.45. The third kappa shape index (κ3) is 3.99. The second-order valence-corrected chi connectivity index (χ2v) is 5.99. The summed E-state index contributed by atoms with van der Waals surface area (Å²) in [5.41, 5.74) is 6.52. The van der Waals surface area contributed by atoms with Crippen LogP contribution in [0.3, 0.4) is 0 Å². The minimum Gasteiger partial charge on any atom is -0.366 e. The van der Waals surface area contributed by atoms with E-state index in [1.54, 1.807) is 29.2 Å². The fourth-order valence-corrected chi connectivity index (χ4v) is 2.99. The number of carbonyl (C=O) groups excluding carboxylic acids is 3. The molecule has 0 radical (unpaired) electrons. The second kappa shape index (κ2) is 7.74. The molecule has 0 bridgehead atoms. The molecule has 1 aromatic carbocycles. The van der Waals surface area contributed by atoms with Gasteiger partial charge in [0.25, 0.3) is 11.8 Å². The zero-order valence-electron chi connectivity index (χ0n) is 13.5. The van der Waals surface area contributed by atoms with E-state index in [0.29, 0.717) is 34.8 Å². The Morgan fingerprint density at radius 3 is 2.42 bits per heavy atom. The molecule has 6 nitrogen and oxygen atoms in total. The van der Waals surface area contributed by atoms with Crippen molar-refractivity contribution in [2.45, 2.75) is 13.8 Å². The minimum atomic E-state index is -0.572.